The van der Waals surface area contributed by atoms with E-state index >= 15 is 0 Å². The highest BCUT2D eigenvalue weighted by Crippen LogP contribution is 2.33. The summed E-state index contributed by atoms with van der Waals surface area (Å²) in [5.41, 5.74) is 0.279. The first-order valence-electron chi connectivity index (χ1n) is 8.47. The third-order valence-corrected chi connectivity index (χ3v) is 3.94. The molecule has 0 aromatic heterocycles. The molecular weight excluding hydrogens is 302 g/mol. The summed E-state index contributed by atoms with van der Waals surface area (Å²) in [7, 11) is 0. The molecule has 24 heavy (non-hydrogen) atoms. The molecule has 0 saturated carbocycles. The van der Waals surface area contributed by atoms with Gasteiger partial charge >= 0.3 is 0 Å². The molecule has 1 heterocycles. The number of hydrogen-bond acceptors (Lipinski definition) is 3. The van der Waals surface area contributed by atoms with E-state index < -0.39 is 5.60 Å². The molecule has 0 radical (unpaired) electrons. The highest BCUT2D eigenvalue weighted by Gasteiger charge is 2.33. The molecule has 4 nitrogen and oxygen atoms in total. The molecule has 4 heteroatoms. The fraction of sp³-hybridized carbons (Fsp3) is 0.600. The lowest BCUT2D eigenvalue weighted by molar-refractivity contribution is 0.0620. The van der Waals surface area contributed by atoms with Crippen molar-refractivity contribution in [3.8, 4) is 5.75 Å². The molecule has 0 bridgehead atoms. The average Bonchev–Trinajstić information content (AvgIpc) is 2.33. The first-order chi connectivity index (χ1) is 10.8. The van der Waals surface area contributed by atoms with Crippen LogP contribution < -0.4 is 10.1 Å². The molecule has 0 aliphatic carbocycles. The van der Waals surface area contributed by atoms with E-state index in [1.807, 2.05) is 27.7 Å². The van der Waals surface area contributed by atoms with Crippen LogP contribution in [-0.2, 0) is 0 Å². The van der Waals surface area contributed by atoms with Crippen LogP contribution >= 0.6 is 0 Å². The highest BCUT2D eigenvalue weighted by molar-refractivity contribution is 6.03. The van der Waals surface area contributed by atoms with Gasteiger partial charge in [0.1, 0.15) is 11.4 Å². The number of fused-ring (bicyclic) bond motifs is 1. The van der Waals surface area contributed by atoms with Crippen LogP contribution in [-0.4, -0.2) is 22.8 Å². The van der Waals surface area contributed by atoms with Crippen molar-refractivity contribution in [1.29, 1.82) is 0 Å². The van der Waals surface area contributed by atoms with Crippen LogP contribution in [0.2, 0.25) is 0 Å². The summed E-state index contributed by atoms with van der Waals surface area (Å²) < 4.78 is 5.84. The van der Waals surface area contributed by atoms with Crippen molar-refractivity contribution in [3.63, 3.8) is 0 Å². The third kappa shape index (κ3) is 4.59. The van der Waals surface area contributed by atoms with Gasteiger partial charge in [0.05, 0.1) is 12.0 Å². The van der Waals surface area contributed by atoms with Crippen molar-refractivity contribution in [3.05, 3.63) is 29.3 Å². The minimum atomic E-state index is -0.497. The van der Waals surface area contributed by atoms with Gasteiger partial charge < -0.3 is 10.1 Å². The third-order valence-electron chi connectivity index (χ3n) is 3.94. The lowest BCUT2D eigenvalue weighted by atomic mass is 9.81. The van der Waals surface area contributed by atoms with Crippen LogP contribution in [0, 0.1) is 5.41 Å². The van der Waals surface area contributed by atoms with Crippen LogP contribution in [0.3, 0.4) is 0 Å². The average molecular weight is 331 g/mol. The number of amides is 1. The second-order valence-electron chi connectivity index (χ2n) is 9.25. The Kier molecular flexibility index (Phi) is 4.55. The summed E-state index contributed by atoms with van der Waals surface area (Å²) in [6, 6.07) is 5.09. The zero-order chi connectivity index (χ0) is 18.3. The predicted molar refractivity (Wildman–Crippen MR) is 95.7 cm³/mol. The number of nitrogens with one attached hydrogen (secondary N) is 1. The van der Waals surface area contributed by atoms with E-state index in [-0.39, 0.29) is 22.6 Å². The van der Waals surface area contributed by atoms with E-state index in [2.05, 4.69) is 26.1 Å². The number of carbonyl (C=O) groups is 2. The fourth-order valence-electron chi connectivity index (χ4n) is 3.54. The van der Waals surface area contributed by atoms with E-state index in [9.17, 15) is 9.59 Å². The maximum atomic E-state index is 12.6. The number of rotatable bonds is 3. The maximum Gasteiger partial charge on any atom is 0.251 e. The Hall–Kier alpha value is -1.84. The summed E-state index contributed by atoms with van der Waals surface area (Å²) in [5, 5.41) is 3.08. The minimum absolute atomic E-state index is 0.0184. The van der Waals surface area contributed by atoms with E-state index in [0.29, 0.717) is 23.3 Å². The van der Waals surface area contributed by atoms with Crippen LogP contribution in [0.4, 0.5) is 0 Å². The van der Waals surface area contributed by atoms with Gasteiger partial charge in [0.2, 0.25) is 0 Å². The Morgan fingerprint density at radius 2 is 1.83 bits per heavy atom. The van der Waals surface area contributed by atoms with Crippen molar-refractivity contribution in [2.24, 2.45) is 5.41 Å². The number of hydrogen-bond donors (Lipinski definition) is 1. The van der Waals surface area contributed by atoms with Gasteiger partial charge in [-0.3, -0.25) is 9.59 Å². The van der Waals surface area contributed by atoms with Gasteiger partial charge in [-0.25, -0.2) is 0 Å². The molecule has 2 rings (SSSR count). The van der Waals surface area contributed by atoms with E-state index in [1.165, 1.54) is 0 Å². The van der Waals surface area contributed by atoms with Crippen LogP contribution in [0.25, 0.3) is 0 Å². The van der Waals surface area contributed by atoms with Gasteiger partial charge in [-0.1, -0.05) is 20.8 Å². The molecule has 1 aliphatic rings. The number of ether oxygens (including phenoxy) is 1. The summed E-state index contributed by atoms with van der Waals surface area (Å²) in [6.07, 6.45) is 1.17. The topological polar surface area (TPSA) is 55.4 Å². The number of Topliss-reactive ketones (excluding diaryl/α,β-unsaturated/α-hetero) is 1. The lowest BCUT2D eigenvalue weighted by Crippen LogP contribution is -2.45. The van der Waals surface area contributed by atoms with Crippen molar-refractivity contribution < 1.29 is 14.3 Å². The standard InChI is InChI=1S/C20H29NO3/c1-18(2,3)12-19(4,5)21-17(23)13-8-9-16-14(10-13)15(22)11-20(6,7)24-16/h8-10H,11-12H2,1-7H3,(H,21,23). The Morgan fingerprint density at radius 1 is 1.21 bits per heavy atom. The molecule has 132 valence electrons. The molecule has 0 spiro atoms. The number of ketones is 1. The zero-order valence-corrected chi connectivity index (χ0v) is 15.9. The molecule has 1 aliphatic heterocycles. The van der Waals surface area contributed by atoms with Gasteiger partial charge in [0.15, 0.2) is 5.78 Å². The summed E-state index contributed by atoms with van der Waals surface area (Å²) in [4.78, 5) is 24.9. The molecule has 0 saturated heterocycles. The molecule has 0 fully saturated rings. The van der Waals surface area contributed by atoms with Gasteiger partial charge in [0.25, 0.3) is 5.91 Å². The Balaban J connectivity index is 2.21. The monoisotopic (exact) mass is 331 g/mol. The molecule has 0 atom stereocenters. The van der Waals surface area contributed by atoms with E-state index in [0.717, 1.165) is 6.42 Å². The Morgan fingerprint density at radius 3 is 2.42 bits per heavy atom. The van der Waals surface area contributed by atoms with Crippen LogP contribution in [0.1, 0.15) is 82.0 Å². The van der Waals surface area contributed by atoms with Crippen molar-refractivity contribution in [1.82, 2.24) is 5.32 Å². The Bertz CT molecular complexity index is 666. The molecule has 1 aromatic rings. The summed E-state index contributed by atoms with van der Waals surface area (Å²) in [5.74, 6) is 0.413. The van der Waals surface area contributed by atoms with E-state index in [1.54, 1.807) is 18.2 Å². The second-order valence-corrected chi connectivity index (χ2v) is 9.25. The molecule has 1 amide bonds. The zero-order valence-electron chi connectivity index (χ0n) is 15.9. The maximum absolute atomic E-state index is 12.6. The molecule has 1 aromatic carbocycles. The van der Waals surface area contributed by atoms with Crippen molar-refractivity contribution in [2.75, 3.05) is 0 Å². The minimum Gasteiger partial charge on any atom is -0.487 e. The second kappa shape index (κ2) is 5.91. The first kappa shape index (κ1) is 18.5. The fourth-order valence-corrected chi connectivity index (χ4v) is 3.54. The van der Waals surface area contributed by atoms with Gasteiger partial charge in [-0.15, -0.1) is 0 Å². The van der Waals surface area contributed by atoms with Crippen LogP contribution in [0.15, 0.2) is 18.2 Å². The number of benzene rings is 1. The van der Waals surface area contributed by atoms with Gasteiger partial charge in [-0.05, 0) is 57.7 Å². The molecular formula is C20H29NO3. The molecule has 1 N–H and O–H groups in total. The van der Waals surface area contributed by atoms with Crippen molar-refractivity contribution >= 4 is 11.7 Å². The quantitative estimate of drug-likeness (QED) is 0.894. The van der Waals surface area contributed by atoms with Crippen LogP contribution in [0.5, 0.6) is 5.75 Å². The van der Waals surface area contributed by atoms with E-state index in [4.69, 9.17) is 4.74 Å². The largest absolute Gasteiger partial charge is 0.487 e. The Labute approximate surface area is 145 Å². The number of carbonyl (C=O) groups excluding carboxylic acids is 2. The highest BCUT2D eigenvalue weighted by atomic mass is 16.5. The molecule has 0 unspecified atom stereocenters. The van der Waals surface area contributed by atoms with Gasteiger partial charge in [0, 0.05) is 11.1 Å². The smallest absolute Gasteiger partial charge is 0.251 e. The first-order valence-corrected chi connectivity index (χ1v) is 8.47. The predicted octanol–water partition coefficient (Wildman–Crippen LogP) is 4.38. The summed E-state index contributed by atoms with van der Waals surface area (Å²) in [6.45, 7) is 14.3. The summed E-state index contributed by atoms with van der Waals surface area (Å²) >= 11 is 0. The van der Waals surface area contributed by atoms with Crippen molar-refractivity contribution in [2.45, 2.75) is 72.4 Å². The van der Waals surface area contributed by atoms with Gasteiger partial charge in [-0.2, -0.15) is 0 Å². The SMILES string of the molecule is CC(C)(C)CC(C)(C)NC(=O)c1ccc2c(c1)C(=O)CC(C)(C)O2. The normalized spacial score (nSPS) is 17.0. The lowest BCUT2D eigenvalue weighted by Gasteiger charge is -2.34.